The highest BCUT2D eigenvalue weighted by Gasteiger charge is 2.10. The molecule has 2 N–H and O–H groups in total. The van der Waals surface area contributed by atoms with Crippen LogP contribution in [0.15, 0.2) is 23.3 Å². The molecule has 2 radical (unpaired) electrons. The maximum Gasteiger partial charge on any atom is 0.232 e. The number of benzene rings is 1. The summed E-state index contributed by atoms with van der Waals surface area (Å²) in [6, 6.07) is 3.70. The van der Waals surface area contributed by atoms with E-state index in [4.69, 9.17) is 12.6 Å². The number of anilines is 1. The van der Waals surface area contributed by atoms with Crippen LogP contribution in [-0.2, 0) is 0 Å². The van der Waals surface area contributed by atoms with E-state index in [-0.39, 0.29) is 0 Å². The molecular weight excluding hydrogens is 241 g/mol. The van der Waals surface area contributed by atoms with Crippen molar-refractivity contribution in [3.8, 4) is 5.88 Å². The van der Waals surface area contributed by atoms with Crippen molar-refractivity contribution >= 4 is 36.0 Å². The predicted molar refractivity (Wildman–Crippen MR) is 75.4 cm³/mol. The number of aliphatic imine (C=N–C) groups is 1. The Labute approximate surface area is 111 Å². The van der Waals surface area contributed by atoms with E-state index >= 15 is 0 Å². The van der Waals surface area contributed by atoms with E-state index in [9.17, 15) is 0 Å². The van der Waals surface area contributed by atoms with Crippen molar-refractivity contribution in [1.82, 2.24) is 15.3 Å². The van der Waals surface area contributed by atoms with Crippen LogP contribution in [0.25, 0.3) is 11.0 Å². The fraction of sp³-hybridized carbons (Fsp3) is 0.250. The van der Waals surface area contributed by atoms with Gasteiger partial charge in [-0.1, -0.05) is 0 Å². The third-order valence-electron chi connectivity index (χ3n) is 2.87. The van der Waals surface area contributed by atoms with Crippen molar-refractivity contribution in [3.05, 3.63) is 18.3 Å². The van der Waals surface area contributed by atoms with Crippen LogP contribution in [0.2, 0.25) is 0 Å². The molecular formula is C12H12BN5O. The van der Waals surface area contributed by atoms with E-state index in [0.717, 1.165) is 24.7 Å². The number of nitrogens with zero attached hydrogens (tertiary/aromatic N) is 3. The van der Waals surface area contributed by atoms with Gasteiger partial charge in [0.15, 0.2) is 5.96 Å². The quantitative estimate of drug-likeness (QED) is 0.725. The van der Waals surface area contributed by atoms with E-state index in [2.05, 4.69) is 25.6 Å². The molecule has 0 fully saturated rings. The van der Waals surface area contributed by atoms with Gasteiger partial charge in [0.05, 0.1) is 30.9 Å². The van der Waals surface area contributed by atoms with Crippen LogP contribution in [0, 0.1) is 0 Å². The largest absolute Gasteiger partial charge is 0.480 e. The summed E-state index contributed by atoms with van der Waals surface area (Å²) >= 11 is 0. The number of hydrogen-bond acceptors (Lipinski definition) is 6. The van der Waals surface area contributed by atoms with Crippen LogP contribution in [0.5, 0.6) is 5.88 Å². The highest BCUT2D eigenvalue weighted by Crippen LogP contribution is 2.15. The van der Waals surface area contributed by atoms with E-state index in [1.54, 1.807) is 13.3 Å². The van der Waals surface area contributed by atoms with Gasteiger partial charge < -0.3 is 15.4 Å². The number of fused-ring (bicyclic) bond motifs is 1. The van der Waals surface area contributed by atoms with Crippen molar-refractivity contribution in [3.63, 3.8) is 0 Å². The summed E-state index contributed by atoms with van der Waals surface area (Å²) in [4.78, 5) is 12.8. The fourth-order valence-electron chi connectivity index (χ4n) is 1.91. The Morgan fingerprint density at radius 1 is 1.42 bits per heavy atom. The summed E-state index contributed by atoms with van der Waals surface area (Å²) in [6.45, 7) is 1.61. The fourth-order valence-corrected chi connectivity index (χ4v) is 1.91. The molecule has 0 spiro atoms. The maximum absolute atomic E-state index is 6.10. The summed E-state index contributed by atoms with van der Waals surface area (Å²) in [7, 11) is 7.65. The molecule has 0 amide bonds. The zero-order valence-corrected chi connectivity index (χ0v) is 10.5. The minimum atomic E-state index is 0.467. The minimum absolute atomic E-state index is 0.467. The maximum atomic E-state index is 6.10. The molecule has 1 aromatic heterocycles. The molecule has 0 aliphatic carbocycles. The SMILES string of the molecule is [B]c1c(NC2=NCCN2)ccc2nc(OC)cnc12. The van der Waals surface area contributed by atoms with Gasteiger partial charge in [0.25, 0.3) is 0 Å². The van der Waals surface area contributed by atoms with Crippen LogP contribution >= 0.6 is 0 Å². The molecule has 7 heteroatoms. The van der Waals surface area contributed by atoms with Gasteiger partial charge in [-0.25, -0.2) is 9.97 Å². The molecule has 1 aromatic carbocycles. The Kier molecular flexibility index (Phi) is 2.95. The first-order valence-corrected chi connectivity index (χ1v) is 5.92. The van der Waals surface area contributed by atoms with E-state index < -0.39 is 0 Å². The van der Waals surface area contributed by atoms with E-state index in [1.165, 1.54) is 0 Å². The lowest BCUT2D eigenvalue weighted by molar-refractivity contribution is 0.398. The van der Waals surface area contributed by atoms with Gasteiger partial charge in [0.1, 0.15) is 7.85 Å². The van der Waals surface area contributed by atoms with Gasteiger partial charge in [0.2, 0.25) is 5.88 Å². The van der Waals surface area contributed by atoms with Gasteiger partial charge in [-0.05, 0) is 17.6 Å². The average Bonchev–Trinajstić information content (AvgIpc) is 2.94. The van der Waals surface area contributed by atoms with Crippen molar-refractivity contribution in [2.75, 3.05) is 25.5 Å². The molecule has 6 nitrogen and oxygen atoms in total. The van der Waals surface area contributed by atoms with Crippen LogP contribution in [0.1, 0.15) is 0 Å². The predicted octanol–water partition coefficient (Wildman–Crippen LogP) is -0.197. The Balaban J connectivity index is 2.00. The number of hydrogen-bond donors (Lipinski definition) is 2. The number of nitrogens with one attached hydrogen (secondary N) is 2. The summed E-state index contributed by atoms with van der Waals surface area (Å²) in [5.41, 5.74) is 2.65. The lowest BCUT2D eigenvalue weighted by atomic mass is 9.92. The zero-order chi connectivity index (χ0) is 13.2. The normalized spacial score (nSPS) is 14.1. The van der Waals surface area contributed by atoms with Crippen LogP contribution in [0.3, 0.4) is 0 Å². The Hall–Kier alpha value is -2.31. The van der Waals surface area contributed by atoms with Crippen LogP contribution < -0.4 is 20.8 Å². The Bertz CT molecular complexity index is 658. The summed E-state index contributed by atoms with van der Waals surface area (Å²) in [5, 5.41) is 6.27. The van der Waals surface area contributed by atoms with Gasteiger partial charge in [0, 0.05) is 12.2 Å². The standard InChI is InChI=1S/C12H12BN5O/c1-19-9-6-16-11-8(17-9)3-2-7(10(11)13)18-12-14-4-5-15-12/h2-3,6H,4-5H2,1H3,(H2,14,15,18). The Morgan fingerprint density at radius 3 is 3.05 bits per heavy atom. The topological polar surface area (TPSA) is 71.4 Å². The van der Waals surface area contributed by atoms with Crippen molar-refractivity contribution in [2.45, 2.75) is 0 Å². The molecule has 0 saturated heterocycles. The number of ether oxygens (including phenoxy) is 1. The molecule has 0 bridgehead atoms. The third kappa shape index (κ3) is 2.19. The molecule has 19 heavy (non-hydrogen) atoms. The number of methoxy groups -OCH3 is 1. The number of rotatable bonds is 2. The smallest absolute Gasteiger partial charge is 0.232 e. The second-order valence-corrected chi connectivity index (χ2v) is 4.09. The second kappa shape index (κ2) is 4.76. The highest BCUT2D eigenvalue weighted by molar-refractivity contribution is 6.42. The first kappa shape index (κ1) is 11.8. The molecule has 1 aliphatic heterocycles. The van der Waals surface area contributed by atoms with Crippen molar-refractivity contribution in [2.24, 2.45) is 4.99 Å². The zero-order valence-electron chi connectivity index (χ0n) is 10.5. The molecule has 0 unspecified atom stereocenters. The van der Waals surface area contributed by atoms with Gasteiger partial charge in [-0.3, -0.25) is 4.99 Å². The molecule has 3 rings (SSSR count). The van der Waals surface area contributed by atoms with Gasteiger partial charge in [-0.2, -0.15) is 0 Å². The first-order valence-electron chi connectivity index (χ1n) is 5.92. The van der Waals surface area contributed by atoms with Crippen LogP contribution in [-0.4, -0.2) is 44.0 Å². The second-order valence-electron chi connectivity index (χ2n) is 4.09. The summed E-state index contributed by atoms with van der Waals surface area (Å²) in [6.07, 6.45) is 1.55. The average molecular weight is 253 g/mol. The van der Waals surface area contributed by atoms with Gasteiger partial charge >= 0.3 is 0 Å². The van der Waals surface area contributed by atoms with E-state index in [1.807, 2.05) is 12.1 Å². The lowest BCUT2D eigenvalue weighted by Gasteiger charge is -2.12. The lowest BCUT2D eigenvalue weighted by Crippen LogP contribution is -2.29. The Morgan fingerprint density at radius 2 is 2.32 bits per heavy atom. The minimum Gasteiger partial charge on any atom is -0.480 e. The molecule has 0 atom stereocenters. The van der Waals surface area contributed by atoms with Crippen molar-refractivity contribution in [1.29, 1.82) is 0 Å². The molecule has 1 aliphatic rings. The highest BCUT2D eigenvalue weighted by atomic mass is 16.5. The summed E-state index contributed by atoms with van der Waals surface area (Å²) in [5.74, 6) is 1.20. The van der Waals surface area contributed by atoms with E-state index in [0.29, 0.717) is 22.4 Å². The monoisotopic (exact) mass is 253 g/mol. The molecule has 94 valence electrons. The number of aromatic nitrogens is 2. The van der Waals surface area contributed by atoms with Crippen LogP contribution in [0.4, 0.5) is 5.69 Å². The van der Waals surface area contributed by atoms with Gasteiger partial charge in [-0.15, -0.1) is 0 Å². The molecule has 2 aromatic rings. The first-order chi connectivity index (χ1) is 9.28. The third-order valence-corrected chi connectivity index (χ3v) is 2.87. The molecule has 0 saturated carbocycles. The van der Waals surface area contributed by atoms with Crippen molar-refractivity contribution < 1.29 is 4.74 Å². The number of guanidine groups is 1. The summed E-state index contributed by atoms with van der Waals surface area (Å²) < 4.78 is 5.04. The molecule has 2 heterocycles.